The smallest absolute Gasteiger partial charge is 0.315 e. The lowest BCUT2D eigenvalue weighted by molar-refractivity contribution is 0.193. The highest BCUT2D eigenvalue weighted by Gasteiger charge is 2.29. The molecule has 1 aliphatic heterocycles. The molecule has 0 aliphatic carbocycles. The largest absolute Gasteiger partial charge is 0.334 e. The van der Waals surface area contributed by atoms with Gasteiger partial charge in [-0.3, -0.25) is 4.90 Å². The lowest BCUT2D eigenvalue weighted by Crippen LogP contribution is -2.47. The predicted molar refractivity (Wildman–Crippen MR) is 101 cm³/mol. The van der Waals surface area contributed by atoms with E-state index in [9.17, 15) is 4.79 Å². The number of urea groups is 1. The molecule has 2 aromatic carbocycles. The van der Waals surface area contributed by atoms with Gasteiger partial charge in [0.15, 0.2) is 0 Å². The maximum absolute atomic E-state index is 12.3. The van der Waals surface area contributed by atoms with E-state index in [1.165, 1.54) is 18.4 Å². The molecule has 1 heterocycles. The molecule has 2 N–H and O–H groups in total. The third-order valence-corrected chi connectivity index (χ3v) is 4.80. The van der Waals surface area contributed by atoms with Gasteiger partial charge in [0.05, 0.1) is 6.04 Å². The van der Waals surface area contributed by atoms with Gasteiger partial charge < -0.3 is 10.6 Å². The lowest BCUT2D eigenvalue weighted by Gasteiger charge is -2.33. The van der Waals surface area contributed by atoms with E-state index in [0.29, 0.717) is 6.54 Å². The van der Waals surface area contributed by atoms with Crippen LogP contribution >= 0.6 is 0 Å². The van der Waals surface area contributed by atoms with E-state index in [4.69, 9.17) is 0 Å². The molecule has 4 nitrogen and oxygen atoms in total. The van der Waals surface area contributed by atoms with E-state index in [0.717, 1.165) is 18.7 Å². The van der Waals surface area contributed by atoms with Gasteiger partial charge in [-0.25, -0.2) is 4.79 Å². The summed E-state index contributed by atoms with van der Waals surface area (Å²) in [5.74, 6) is 0. The van der Waals surface area contributed by atoms with Gasteiger partial charge in [0, 0.05) is 12.6 Å². The molecule has 25 heavy (non-hydrogen) atoms. The zero-order chi connectivity index (χ0) is 17.5. The van der Waals surface area contributed by atoms with Crippen molar-refractivity contribution < 1.29 is 4.79 Å². The Balaban J connectivity index is 1.61. The third kappa shape index (κ3) is 4.83. The van der Waals surface area contributed by atoms with Crippen molar-refractivity contribution in [1.29, 1.82) is 0 Å². The van der Waals surface area contributed by atoms with E-state index >= 15 is 0 Å². The summed E-state index contributed by atoms with van der Waals surface area (Å²) in [5, 5.41) is 6.09. The first kappa shape index (κ1) is 17.5. The van der Waals surface area contributed by atoms with Crippen LogP contribution in [0.1, 0.15) is 36.9 Å². The van der Waals surface area contributed by atoms with Crippen LogP contribution in [0.5, 0.6) is 0 Å². The van der Waals surface area contributed by atoms with Crippen LogP contribution in [0.3, 0.4) is 0 Å². The molecule has 0 aromatic heterocycles. The average Bonchev–Trinajstić information content (AvgIpc) is 3.16. The molecule has 0 bridgehead atoms. The van der Waals surface area contributed by atoms with Crippen molar-refractivity contribution in [1.82, 2.24) is 15.5 Å². The number of benzene rings is 2. The summed E-state index contributed by atoms with van der Waals surface area (Å²) in [4.78, 5) is 14.8. The fourth-order valence-electron chi connectivity index (χ4n) is 3.60. The van der Waals surface area contributed by atoms with E-state index in [1.807, 2.05) is 36.4 Å². The Morgan fingerprint density at radius 2 is 1.60 bits per heavy atom. The topological polar surface area (TPSA) is 44.4 Å². The minimum atomic E-state index is -0.114. The van der Waals surface area contributed by atoms with Crippen molar-refractivity contribution in [3.63, 3.8) is 0 Å². The fraction of sp³-hybridized carbons (Fsp3) is 0.381. The lowest BCUT2D eigenvalue weighted by atomic mass is 9.99. The summed E-state index contributed by atoms with van der Waals surface area (Å²) in [5.41, 5.74) is 2.37. The van der Waals surface area contributed by atoms with Crippen molar-refractivity contribution in [2.24, 2.45) is 0 Å². The van der Waals surface area contributed by atoms with Crippen LogP contribution in [-0.4, -0.2) is 30.1 Å². The van der Waals surface area contributed by atoms with Crippen LogP contribution in [0.2, 0.25) is 0 Å². The Hall–Kier alpha value is -2.33. The monoisotopic (exact) mass is 337 g/mol. The van der Waals surface area contributed by atoms with Crippen molar-refractivity contribution in [2.45, 2.75) is 38.4 Å². The number of nitrogens with one attached hydrogen (secondary N) is 2. The molecule has 0 saturated carbocycles. The average molecular weight is 337 g/mol. The molecule has 2 amide bonds. The second-order valence-electron chi connectivity index (χ2n) is 6.70. The SMILES string of the molecule is C[C@H](NC(=O)NCc1ccccc1)[C@@H](c1ccccc1)N1CCCC1. The van der Waals surface area contributed by atoms with Crippen LogP contribution in [-0.2, 0) is 6.54 Å². The van der Waals surface area contributed by atoms with Crippen molar-refractivity contribution >= 4 is 6.03 Å². The highest BCUT2D eigenvalue weighted by molar-refractivity contribution is 5.74. The number of carbonyl (C=O) groups excluding carboxylic acids is 1. The van der Waals surface area contributed by atoms with Gasteiger partial charge in [0.25, 0.3) is 0 Å². The first-order chi connectivity index (χ1) is 12.2. The molecule has 0 radical (unpaired) electrons. The molecule has 1 saturated heterocycles. The molecule has 1 aliphatic rings. The van der Waals surface area contributed by atoms with Gasteiger partial charge in [-0.2, -0.15) is 0 Å². The Morgan fingerprint density at radius 3 is 2.24 bits per heavy atom. The summed E-state index contributed by atoms with van der Waals surface area (Å²) in [6, 6.07) is 20.6. The molecule has 2 atom stereocenters. The fourth-order valence-corrected chi connectivity index (χ4v) is 3.60. The molecule has 3 rings (SSSR count). The summed E-state index contributed by atoms with van der Waals surface area (Å²) in [6.45, 7) is 4.83. The van der Waals surface area contributed by atoms with Gasteiger partial charge in [0.1, 0.15) is 0 Å². The molecule has 4 heteroatoms. The Labute approximate surface area is 150 Å². The Kier molecular flexibility index (Phi) is 6.07. The summed E-state index contributed by atoms with van der Waals surface area (Å²) in [6.07, 6.45) is 2.46. The van der Waals surface area contributed by atoms with Crippen LogP contribution in [0.25, 0.3) is 0 Å². The van der Waals surface area contributed by atoms with Crippen molar-refractivity contribution in [3.05, 3.63) is 71.8 Å². The maximum Gasteiger partial charge on any atom is 0.315 e. The summed E-state index contributed by atoms with van der Waals surface area (Å²) >= 11 is 0. The molecule has 1 fully saturated rings. The molecule has 0 spiro atoms. The van der Waals surface area contributed by atoms with Crippen LogP contribution < -0.4 is 10.6 Å². The van der Waals surface area contributed by atoms with Crippen molar-refractivity contribution in [2.75, 3.05) is 13.1 Å². The zero-order valence-electron chi connectivity index (χ0n) is 14.8. The number of hydrogen-bond acceptors (Lipinski definition) is 2. The van der Waals surface area contributed by atoms with Gasteiger partial charge in [-0.1, -0.05) is 60.7 Å². The first-order valence-electron chi connectivity index (χ1n) is 9.11. The number of hydrogen-bond donors (Lipinski definition) is 2. The summed E-state index contributed by atoms with van der Waals surface area (Å²) in [7, 11) is 0. The predicted octanol–water partition coefficient (Wildman–Crippen LogP) is 3.71. The Morgan fingerprint density at radius 1 is 1.00 bits per heavy atom. The third-order valence-electron chi connectivity index (χ3n) is 4.80. The van der Waals surface area contributed by atoms with Crippen LogP contribution in [0, 0.1) is 0 Å². The highest BCUT2D eigenvalue weighted by atomic mass is 16.2. The second-order valence-corrected chi connectivity index (χ2v) is 6.70. The molecular formula is C21H27N3O. The number of nitrogens with zero attached hydrogens (tertiary/aromatic N) is 1. The van der Waals surface area contributed by atoms with E-state index in [2.05, 4.69) is 46.7 Å². The molecule has 0 unspecified atom stereocenters. The van der Waals surface area contributed by atoms with Gasteiger partial charge in [0.2, 0.25) is 0 Å². The normalized spacial score (nSPS) is 17.0. The highest BCUT2D eigenvalue weighted by Crippen LogP contribution is 2.28. The maximum atomic E-state index is 12.3. The molecule has 132 valence electrons. The van der Waals surface area contributed by atoms with Gasteiger partial charge in [-0.05, 0) is 44.0 Å². The molecule has 2 aromatic rings. The van der Waals surface area contributed by atoms with E-state index < -0.39 is 0 Å². The summed E-state index contributed by atoms with van der Waals surface area (Å²) < 4.78 is 0. The minimum Gasteiger partial charge on any atom is -0.334 e. The van der Waals surface area contributed by atoms with Gasteiger partial charge >= 0.3 is 6.03 Å². The van der Waals surface area contributed by atoms with Crippen molar-refractivity contribution in [3.8, 4) is 0 Å². The number of rotatable bonds is 6. The zero-order valence-corrected chi connectivity index (χ0v) is 14.8. The van der Waals surface area contributed by atoms with E-state index in [-0.39, 0.29) is 18.1 Å². The standard InChI is InChI=1S/C21H27N3O/c1-17(23-21(25)22-16-18-10-4-2-5-11-18)20(24-14-8-9-15-24)19-12-6-3-7-13-19/h2-7,10-13,17,20H,8-9,14-16H2,1H3,(H2,22,23,25)/t17-,20-/m0/s1. The number of likely N-dealkylation sites (tertiary alicyclic amines) is 1. The minimum absolute atomic E-state index is 0.0382. The first-order valence-corrected chi connectivity index (χ1v) is 9.11. The number of amides is 2. The van der Waals surface area contributed by atoms with Crippen LogP contribution in [0.15, 0.2) is 60.7 Å². The van der Waals surface area contributed by atoms with E-state index in [1.54, 1.807) is 0 Å². The van der Waals surface area contributed by atoms with Crippen LogP contribution in [0.4, 0.5) is 4.79 Å². The second kappa shape index (κ2) is 8.67. The number of carbonyl (C=O) groups is 1. The molecular weight excluding hydrogens is 310 g/mol. The Bertz CT molecular complexity index is 653. The van der Waals surface area contributed by atoms with Gasteiger partial charge in [-0.15, -0.1) is 0 Å². The quantitative estimate of drug-likeness (QED) is 0.844.